The van der Waals surface area contributed by atoms with E-state index in [0.29, 0.717) is 11.3 Å². The molecule has 1 aromatic carbocycles. The number of benzene rings is 1. The number of amides is 2. The smallest absolute Gasteiger partial charge is 0.361 e. The van der Waals surface area contributed by atoms with Crippen molar-refractivity contribution in [1.29, 1.82) is 5.41 Å². The van der Waals surface area contributed by atoms with Crippen LogP contribution in [0.3, 0.4) is 0 Å². The highest BCUT2D eigenvalue weighted by Crippen LogP contribution is 2.31. The molecule has 12 heteroatoms. The Kier molecular flexibility index (Phi) is 8.91. The summed E-state index contributed by atoms with van der Waals surface area (Å²) in [6.07, 6.45) is 0.874. The van der Waals surface area contributed by atoms with Gasteiger partial charge < -0.3 is 20.9 Å². The van der Waals surface area contributed by atoms with Crippen molar-refractivity contribution in [2.75, 3.05) is 12.4 Å². The standard InChI is InChI=1S/C28H28F5N5O2/c1-16(29)24-22(10-17(13-36-24)14-37-26(40)27(2,3)30)25(39)38(4)21-8-9-23(34)18(11-21)15-35-20-7-5-6-19(12-20)28(31,32)33/h5-13,15-16,34-35H,14H2,1-4H3,(H,37,40)/b18-15-,34-23?. The van der Waals surface area contributed by atoms with Crippen molar-refractivity contribution in [3.05, 3.63) is 94.6 Å². The Balaban J connectivity index is 1.85. The van der Waals surface area contributed by atoms with Crippen LogP contribution in [-0.4, -0.2) is 40.1 Å². The maximum Gasteiger partial charge on any atom is 0.416 e. The van der Waals surface area contributed by atoms with Crippen molar-refractivity contribution in [2.45, 2.75) is 45.3 Å². The van der Waals surface area contributed by atoms with E-state index >= 15 is 0 Å². The number of nitrogens with zero attached hydrogens (tertiary/aromatic N) is 2. The van der Waals surface area contributed by atoms with Gasteiger partial charge in [-0.05, 0) is 68.8 Å². The fourth-order valence-corrected chi connectivity index (χ4v) is 3.62. The number of hydrogen-bond acceptors (Lipinski definition) is 5. The SMILES string of the molecule is CC(F)c1ncc(CNC(=O)C(C)(C)F)cc1C(=O)N(C)C1=C/C(=C/Nc2cccc(C(F)(F)F)c2)C(=N)C=C1. The van der Waals surface area contributed by atoms with E-state index in [1.54, 1.807) is 0 Å². The average Bonchev–Trinajstić information content (AvgIpc) is 2.89. The first-order valence-electron chi connectivity index (χ1n) is 12.1. The van der Waals surface area contributed by atoms with Crippen LogP contribution in [0.4, 0.5) is 27.6 Å². The lowest BCUT2D eigenvalue weighted by Gasteiger charge is -2.23. The monoisotopic (exact) mass is 561 g/mol. The normalized spacial score (nSPS) is 15.5. The van der Waals surface area contributed by atoms with E-state index in [4.69, 9.17) is 5.41 Å². The van der Waals surface area contributed by atoms with Gasteiger partial charge in [-0.15, -0.1) is 0 Å². The van der Waals surface area contributed by atoms with Gasteiger partial charge in [-0.3, -0.25) is 14.6 Å². The first kappa shape index (κ1) is 30.2. The number of hydrogen-bond donors (Lipinski definition) is 3. The number of anilines is 1. The molecule has 1 heterocycles. The molecule has 1 unspecified atom stereocenters. The number of halogens is 5. The second-order valence-electron chi connectivity index (χ2n) is 9.55. The summed E-state index contributed by atoms with van der Waals surface area (Å²) in [6, 6.07) is 5.92. The molecule has 0 spiro atoms. The molecule has 1 aliphatic rings. The number of allylic oxidation sites excluding steroid dienone is 4. The van der Waals surface area contributed by atoms with Crippen LogP contribution in [-0.2, 0) is 17.5 Å². The maximum absolute atomic E-state index is 14.3. The van der Waals surface area contributed by atoms with Crippen LogP contribution >= 0.6 is 0 Å². The highest BCUT2D eigenvalue weighted by molar-refractivity contribution is 6.10. The molecule has 1 aromatic heterocycles. The number of pyridine rings is 1. The summed E-state index contributed by atoms with van der Waals surface area (Å²) in [4.78, 5) is 30.5. The Morgan fingerprint density at radius 3 is 2.48 bits per heavy atom. The lowest BCUT2D eigenvalue weighted by molar-refractivity contribution is -0.137. The molecule has 40 heavy (non-hydrogen) atoms. The average molecular weight is 562 g/mol. The van der Waals surface area contributed by atoms with E-state index in [9.17, 15) is 31.5 Å². The lowest BCUT2D eigenvalue weighted by atomic mass is 10.0. The van der Waals surface area contributed by atoms with Gasteiger partial charge in [0.2, 0.25) is 0 Å². The van der Waals surface area contributed by atoms with Gasteiger partial charge >= 0.3 is 6.18 Å². The van der Waals surface area contributed by atoms with Gasteiger partial charge in [0.15, 0.2) is 5.67 Å². The lowest BCUT2D eigenvalue weighted by Crippen LogP contribution is -2.38. The maximum atomic E-state index is 14.3. The molecule has 0 saturated heterocycles. The summed E-state index contributed by atoms with van der Waals surface area (Å²) < 4.78 is 67.2. The Morgan fingerprint density at radius 2 is 1.85 bits per heavy atom. The minimum Gasteiger partial charge on any atom is -0.361 e. The van der Waals surface area contributed by atoms with Crippen molar-refractivity contribution in [2.24, 2.45) is 0 Å². The summed E-state index contributed by atoms with van der Waals surface area (Å²) in [5, 5.41) is 13.3. The zero-order valence-corrected chi connectivity index (χ0v) is 22.2. The zero-order chi connectivity index (χ0) is 29.8. The van der Waals surface area contributed by atoms with E-state index < -0.39 is 35.4 Å². The Morgan fingerprint density at radius 1 is 1.15 bits per heavy atom. The van der Waals surface area contributed by atoms with E-state index in [-0.39, 0.29) is 34.8 Å². The highest BCUT2D eigenvalue weighted by Gasteiger charge is 2.30. The fourth-order valence-electron chi connectivity index (χ4n) is 3.62. The van der Waals surface area contributed by atoms with E-state index in [1.165, 1.54) is 67.7 Å². The number of likely N-dealkylation sites (N-methyl/N-ethyl adjacent to an activating group) is 1. The van der Waals surface area contributed by atoms with Crippen LogP contribution in [0.5, 0.6) is 0 Å². The number of rotatable bonds is 8. The van der Waals surface area contributed by atoms with E-state index in [0.717, 1.165) is 26.0 Å². The highest BCUT2D eigenvalue weighted by atomic mass is 19.4. The molecule has 0 fully saturated rings. The summed E-state index contributed by atoms with van der Waals surface area (Å²) in [6.45, 7) is 3.27. The molecule has 0 bridgehead atoms. The zero-order valence-electron chi connectivity index (χ0n) is 22.2. The van der Waals surface area contributed by atoms with Gasteiger partial charge in [0.25, 0.3) is 11.8 Å². The molecule has 2 amide bonds. The number of alkyl halides is 5. The minimum atomic E-state index is -4.52. The van der Waals surface area contributed by atoms with Crippen LogP contribution in [0, 0.1) is 5.41 Å². The van der Waals surface area contributed by atoms with Crippen LogP contribution in [0.15, 0.2) is 72.2 Å². The summed E-state index contributed by atoms with van der Waals surface area (Å²) in [5.41, 5.74) is -2.04. The van der Waals surface area contributed by atoms with Gasteiger partial charge in [0.1, 0.15) is 6.17 Å². The van der Waals surface area contributed by atoms with Crippen LogP contribution in [0.25, 0.3) is 0 Å². The first-order chi connectivity index (χ1) is 18.6. The molecule has 1 aliphatic carbocycles. The first-order valence-corrected chi connectivity index (χ1v) is 12.1. The summed E-state index contributed by atoms with van der Waals surface area (Å²) in [7, 11) is 1.43. The topological polar surface area (TPSA) is 98.2 Å². The third kappa shape index (κ3) is 7.39. The van der Waals surface area contributed by atoms with Gasteiger partial charge in [-0.2, -0.15) is 13.2 Å². The van der Waals surface area contributed by atoms with Gasteiger partial charge in [-0.25, -0.2) is 8.78 Å². The van der Waals surface area contributed by atoms with Crippen LogP contribution in [0.2, 0.25) is 0 Å². The van der Waals surface area contributed by atoms with Crippen LogP contribution < -0.4 is 10.6 Å². The van der Waals surface area contributed by atoms with Crippen LogP contribution in [0.1, 0.15) is 54.1 Å². The van der Waals surface area contributed by atoms with E-state index in [1.807, 2.05) is 0 Å². The quantitative estimate of drug-likeness (QED) is 0.343. The van der Waals surface area contributed by atoms with Crippen molar-refractivity contribution < 1.29 is 31.5 Å². The summed E-state index contributed by atoms with van der Waals surface area (Å²) in [5.74, 6) is -1.50. The predicted molar refractivity (Wildman–Crippen MR) is 141 cm³/mol. The van der Waals surface area contributed by atoms with Gasteiger partial charge in [0.05, 0.1) is 22.5 Å². The third-order valence-electron chi connectivity index (χ3n) is 5.89. The molecule has 3 N–H and O–H groups in total. The fraction of sp³-hybridized carbons (Fsp3) is 0.286. The molecule has 0 aliphatic heterocycles. The molecule has 2 aromatic rings. The second-order valence-corrected chi connectivity index (χ2v) is 9.55. The molecule has 212 valence electrons. The Bertz CT molecular complexity index is 1400. The molecule has 0 radical (unpaired) electrons. The minimum absolute atomic E-state index is 0.0392. The number of aromatic nitrogens is 1. The molecular weight excluding hydrogens is 533 g/mol. The molecular formula is C28H28F5N5O2. The largest absolute Gasteiger partial charge is 0.416 e. The molecule has 7 nitrogen and oxygen atoms in total. The Labute approximate surface area is 228 Å². The second kappa shape index (κ2) is 11.8. The molecule has 3 rings (SSSR count). The van der Waals surface area contributed by atoms with Gasteiger partial charge in [0, 0.05) is 42.9 Å². The Hall–Kier alpha value is -4.35. The molecule has 0 saturated carbocycles. The van der Waals surface area contributed by atoms with Crippen molar-refractivity contribution >= 4 is 23.2 Å². The predicted octanol–water partition coefficient (Wildman–Crippen LogP) is 6.04. The van der Waals surface area contributed by atoms with Crippen molar-refractivity contribution in [3.8, 4) is 0 Å². The summed E-state index contributed by atoms with van der Waals surface area (Å²) >= 11 is 0. The molecule has 1 atom stereocenters. The third-order valence-corrected chi connectivity index (χ3v) is 5.89. The van der Waals surface area contributed by atoms with E-state index in [2.05, 4.69) is 15.6 Å². The number of carbonyl (C=O) groups excluding carboxylic acids is 2. The van der Waals surface area contributed by atoms with Gasteiger partial charge in [-0.1, -0.05) is 6.07 Å². The number of nitrogens with one attached hydrogen (secondary N) is 3. The number of carbonyl (C=O) groups is 2. The van der Waals surface area contributed by atoms with Crippen molar-refractivity contribution in [3.63, 3.8) is 0 Å². The van der Waals surface area contributed by atoms with Crippen molar-refractivity contribution in [1.82, 2.24) is 15.2 Å².